The van der Waals surface area contributed by atoms with E-state index in [4.69, 9.17) is 4.74 Å². The predicted octanol–water partition coefficient (Wildman–Crippen LogP) is 5.75. The number of ether oxygens (including phenoxy) is 1. The minimum atomic E-state index is -0.417. The molecule has 148 valence electrons. The minimum absolute atomic E-state index is 0.417. The van der Waals surface area contributed by atoms with Crippen LogP contribution in [0.1, 0.15) is 32.1 Å². The van der Waals surface area contributed by atoms with Crippen LogP contribution in [0.2, 0.25) is 0 Å². The number of amides is 1. The van der Waals surface area contributed by atoms with Crippen molar-refractivity contribution in [2.45, 2.75) is 32.1 Å². The van der Waals surface area contributed by atoms with E-state index in [-0.39, 0.29) is 0 Å². The van der Waals surface area contributed by atoms with Crippen molar-refractivity contribution in [3.05, 3.63) is 47.4 Å². The van der Waals surface area contributed by atoms with Crippen LogP contribution >= 0.6 is 11.3 Å². The zero-order valence-electron chi connectivity index (χ0n) is 16.0. The lowest BCUT2D eigenvalue weighted by atomic mass is 9.97. The summed E-state index contributed by atoms with van der Waals surface area (Å²) in [6, 6.07) is 9.69. The number of allylic oxidation sites excluding steroid dienone is 1. The highest BCUT2D eigenvalue weighted by molar-refractivity contribution is 7.17. The van der Waals surface area contributed by atoms with Gasteiger partial charge < -0.3 is 15.0 Å². The number of hydrogen-bond donors (Lipinski definition) is 3. The molecule has 0 bridgehead atoms. The van der Waals surface area contributed by atoms with Gasteiger partial charge in [-0.25, -0.2) is 4.79 Å². The fourth-order valence-corrected chi connectivity index (χ4v) is 4.68. The van der Waals surface area contributed by atoms with E-state index in [9.17, 15) is 4.79 Å². The van der Waals surface area contributed by atoms with Crippen LogP contribution in [0, 0.1) is 0 Å². The molecule has 29 heavy (non-hydrogen) atoms. The number of aromatic nitrogens is 3. The molecular formula is C22H22N4O2S. The number of nitrogens with zero attached hydrogens (tertiary/aromatic N) is 1. The highest BCUT2D eigenvalue weighted by atomic mass is 32.1. The van der Waals surface area contributed by atoms with E-state index in [1.165, 1.54) is 18.4 Å². The van der Waals surface area contributed by atoms with Gasteiger partial charge in [0.2, 0.25) is 0 Å². The molecule has 0 atom stereocenters. The van der Waals surface area contributed by atoms with Crippen molar-refractivity contribution >= 4 is 38.5 Å². The Morgan fingerprint density at radius 3 is 3.07 bits per heavy atom. The second-order valence-corrected chi connectivity index (χ2v) is 8.26. The topological polar surface area (TPSA) is 82.8 Å². The summed E-state index contributed by atoms with van der Waals surface area (Å²) in [5, 5.41) is 13.4. The van der Waals surface area contributed by atoms with E-state index < -0.39 is 6.09 Å². The molecule has 6 nitrogen and oxygen atoms in total. The van der Waals surface area contributed by atoms with Crippen LogP contribution in [0.15, 0.2) is 47.4 Å². The molecule has 3 heterocycles. The Morgan fingerprint density at radius 1 is 1.21 bits per heavy atom. The maximum absolute atomic E-state index is 12.1. The Labute approximate surface area is 172 Å². The smallest absolute Gasteiger partial charge is 0.410 e. The SMILES string of the molecule is O=C(NCCC1=CCCCC1)Oc1ccc2cc(-c3n[nH]c4ccsc34)[nH]c2c1. The van der Waals surface area contributed by atoms with E-state index in [0.717, 1.165) is 51.8 Å². The van der Waals surface area contributed by atoms with Gasteiger partial charge in [0.1, 0.15) is 11.4 Å². The minimum Gasteiger partial charge on any atom is -0.410 e. The van der Waals surface area contributed by atoms with Gasteiger partial charge in [0.05, 0.1) is 15.9 Å². The fraction of sp³-hybridized carbons (Fsp3) is 0.273. The zero-order chi connectivity index (χ0) is 19.6. The van der Waals surface area contributed by atoms with Crippen LogP contribution in [0.25, 0.3) is 32.5 Å². The first-order valence-electron chi connectivity index (χ1n) is 9.94. The standard InChI is InChI=1S/C22H22N4O2S/c27-22(23-10-8-14-4-2-1-3-5-14)28-16-7-6-15-12-19(24-18(15)13-16)20-21-17(25-26-20)9-11-29-21/h4,6-7,9,11-13,24H,1-3,5,8,10H2,(H,23,27)(H,25,26). The lowest BCUT2D eigenvalue weighted by molar-refractivity contribution is 0.200. The number of carbonyl (C=O) groups excluding carboxylic acids is 1. The lowest BCUT2D eigenvalue weighted by Gasteiger charge is -2.13. The number of carbonyl (C=O) groups is 1. The first-order chi connectivity index (χ1) is 14.3. The van der Waals surface area contributed by atoms with Gasteiger partial charge in [0.25, 0.3) is 0 Å². The summed E-state index contributed by atoms with van der Waals surface area (Å²) in [6.45, 7) is 0.607. The summed E-state index contributed by atoms with van der Waals surface area (Å²) < 4.78 is 6.59. The van der Waals surface area contributed by atoms with E-state index in [2.05, 4.69) is 32.6 Å². The zero-order valence-corrected chi connectivity index (χ0v) is 16.8. The second kappa shape index (κ2) is 7.75. The maximum Gasteiger partial charge on any atom is 0.412 e. The van der Waals surface area contributed by atoms with Gasteiger partial charge in [-0.3, -0.25) is 5.10 Å². The third-order valence-corrected chi connectivity index (χ3v) is 6.25. The molecule has 0 saturated heterocycles. The highest BCUT2D eigenvalue weighted by Crippen LogP contribution is 2.32. The molecule has 1 aliphatic carbocycles. The largest absolute Gasteiger partial charge is 0.412 e. The van der Waals surface area contributed by atoms with Crippen LogP contribution in [0.4, 0.5) is 4.79 Å². The number of nitrogens with one attached hydrogen (secondary N) is 3. The monoisotopic (exact) mass is 406 g/mol. The average molecular weight is 407 g/mol. The molecule has 0 spiro atoms. The van der Waals surface area contributed by atoms with Gasteiger partial charge in [-0.2, -0.15) is 5.10 Å². The van der Waals surface area contributed by atoms with Gasteiger partial charge in [-0.1, -0.05) is 11.6 Å². The molecule has 7 heteroatoms. The van der Waals surface area contributed by atoms with E-state index in [1.807, 2.05) is 29.6 Å². The number of hydrogen-bond acceptors (Lipinski definition) is 4. The first-order valence-corrected chi connectivity index (χ1v) is 10.8. The molecule has 1 aliphatic rings. The summed E-state index contributed by atoms with van der Waals surface area (Å²) in [4.78, 5) is 15.5. The fourth-order valence-electron chi connectivity index (χ4n) is 3.83. The summed E-state index contributed by atoms with van der Waals surface area (Å²) >= 11 is 1.66. The van der Waals surface area contributed by atoms with Crippen molar-refractivity contribution < 1.29 is 9.53 Å². The van der Waals surface area contributed by atoms with E-state index >= 15 is 0 Å². The molecular weight excluding hydrogens is 384 g/mol. The summed E-state index contributed by atoms with van der Waals surface area (Å²) in [7, 11) is 0. The molecule has 4 aromatic rings. The van der Waals surface area contributed by atoms with Crippen LogP contribution in [-0.4, -0.2) is 27.8 Å². The second-order valence-electron chi connectivity index (χ2n) is 7.34. The van der Waals surface area contributed by atoms with Crippen molar-refractivity contribution in [1.29, 1.82) is 0 Å². The first kappa shape index (κ1) is 18.0. The van der Waals surface area contributed by atoms with E-state index in [1.54, 1.807) is 11.3 Å². The number of aromatic amines is 2. The normalized spacial score (nSPS) is 14.3. The third-order valence-electron chi connectivity index (χ3n) is 5.33. The number of benzene rings is 1. The Balaban J connectivity index is 1.25. The molecule has 0 fully saturated rings. The Bertz CT molecular complexity index is 1200. The lowest BCUT2D eigenvalue weighted by Crippen LogP contribution is -2.28. The quantitative estimate of drug-likeness (QED) is 0.369. The van der Waals surface area contributed by atoms with Gasteiger partial charge in [0.15, 0.2) is 0 Å². The third kappa shape index (κ3) is 3.78. The maximum atomic E-state index is 12.1. The Hall–Kier alpha value is -3.06. The van der Waals surface area contributed by atoms with Crippen molar-refractivity contribution in [2.24, 2.45) is 0 Å². The molecule has 0 unspecified atom stereocenters. The molecule has 5 rings (SSSR count). The Morgan fingerprint density at radius 2 is 2.17 bits per heavy atom. The molecule has 1 aromatic carbocycles. The van der Waals surface area contributed by atoms with Gasteiger partial charge in [-0.05, 0) is 61.7 Å². The average Bonchev–Trinajstić information content (AvgIpc) is 3.43. The number of fused-ring (bicyclic) bond motifs is 2. The molecule has 0 radical (unpaired) electrons. The van der Waals surface area contributed by atoms with Crippen LogP contribution < -0.4 is 10.1 Å². The number of rotatable bonds is 5. The molecule has 3 aromatic heterocycles. The molecule has 0 aliphatic heterocycles. The van der Waals surface area contributed by atoms with Gasteiger partial charge in [-0.15, -0.1) is 11.3 Å². The van der Waals surface area contributed by atoms with Crippen molar-refractivity contribution in [3.8, 4) is 17.1 Å². The number of H-pyrrole nitrogens is 2. The summed E-state index contributed by atoms with van der Waals surface area (Å²) in [5.74, 6) is 0.517. The summed E-state index contributed by atoms with van der Waals surface area (Å²) in [5.41, 5.74) is 5.23. The highest BCUT2D eigenvalue weighted by Gasteiger charge is 2.13. The predicted molar refractivity (Wildman–Crippen MR) is 116 cm³/mol. The van der Waals surface area contributed by atoms with Crippen LogP contribution in [0.3, 0.4) is 0 Å². The molecule has 3 N–H and O–H groups in total. The van der Waals surface area contributed by atoms with Gasteiger partial charge in [0, 0.05) is 23.5 Å². The Kier molecular flexibility index (Phi) is 4.81. The summed E-state index contributed by atoms with van der Waals surface area (Å²) in [6.07, 6.45) is 7.63. The molecule has 0 saturated carbocycles. The van der Waals surface area contributed by atoms with Crippen molar-refractivity contribution in [3.63, 3.8) is 0 Å². The molecule has 1 amide bonds. The van der Waals surface area contributed by atoms with Gasteiger partial charge >= 0.3 is 6.09 Å². The van der Waals surface area contributed by atoms with Crippen molar-refractivity contribution in [2.75, 3.05) is 6.54 Å². The van der Waals surface area contributed by atoms with E-state index in [0.29, 0.717) is 12.3 Å². The van der Waals surface area contributed by atoms with Crippen LogP contribution in [0.5, 0.6) is 5.75 Å². The number of thiophene rings is 1. The van der Waals surface area contributed by atoms with Crippen molar-refractivity contribution in [1.82, 2.24) is 20.5 Å². The van der Waals surface area contributed by atoms with Crippen LogP contribution in [-0.2, 0) is 0 Å².